The topological polar surface area (TPSA) is 75.3 Å². The lowest BCUT2D eigenvalue weighted by Gasteiger charge is -2.15. The first kappa shape index (κ1) is 16.5. The molecule has 5 nitrogen and oxygen atoms in total. The van der Waals surface area contributed by atoms with Gasteiger partial charge < -0.3 is 5.32 Å². The SMILES string of the molecule is Cc1ccc(NS(=O)(=O)CC(C)C(=O)NC(C)C)cc1. The van der Waals surface area contributed by atoms with E-state index in [-0.39, 0.29) is 17.7 Å². The molecule has 0 aliphatic carbocycles. The highest BCUT2D eigenvalue weighted by atomic mass is 32.2. The third-order valence-electron chi connectivity index (χ3n) is 2.67. The number of sulfonamides is 1. The second kappa shape index (κ2) is 6.74. The number of aryl methyl sites for hydroxylation is 1. The molecular weight excluding hydrogens is 276 g/mol. The van der Waals surface area contributed by atoms with Crippen LogP contribution in [0, 0.1) is 12.8 Å². The van der Waals surface area contributed by atoms with Crippen LogP contribution in [0.3, 0.4) is 0 Å². The Morgan fingerprint density at radius 2 is 1.70 bits per heavy atom. The normalized spacial score (nSPS) is 13.1. The van der Waals surface area contributed by atoms with E-state index in [2.05, 4.69) is 10.0 Å². The van der Waals surface area contributed by atoms with Crippen molar-refractivity contribution in [1.82, 2.24) is 5.32 Å². The summed E-state index contributed by atoms with van der Waals surface area (Å²) in [6.07, 6.45) is 0. The third kappa shape index (κ3) is 5.61. The Morgan fingerprint density at radius 3 is 2.20 bits per heavy atom. The van der Waals surface area contributed by atoms with Crippen LogP contribution in [0.5, 0.6) is 0 Å². The standard InChI is InChI=1S/C14H22N2O3S/c1-10(2)15-14(17)12(4)9-20(18,19)16-13-7-5-11(3)6-8-13/h5-8,10,12,16H,9H2,1-4H3,(H,15,17). The maximum Gasteiger partial charge on any atom is 0.233 e. The zero-order valence-corrected chi connectivity index (χ0v) is 13.1. The van der Waals surface area contributed by atoms with E-state index in [1.165, 1.54) is 0 Å². The molecule has 0 radical (unpaired) electrons. The monoisotopic (exact) mass is 298 g/mol. The Morgan fingerprint density at radius 1 is 1.15 bits per heavy atom. The largest absolute Gasteiger partial charge is 0.354 e. The van der Waals surface area contributed by atoms with E-state index in [0.29, 0.717) is 5.69 Å². The lowest BCUT2D eigenvalue weighted by atomic mass is 10.2. The molecule has 1 atom stereocenters. The summed E-state index contributed by atoms with van der Waals surface area (Å²) < 4.78 is 26.5. The number of hydrogen-bond donors (Lipinski definition) is 2. The van der Waals surface area contributed by atoms with Crippen LogP contribution in [0.15, 0.2) is 24.3 Å². The molecule has 0 spiro atoms. The van der Waals surface area contributed by atoms with Crippen LogP contribution in [0.1, 0.15) is 26.3 Å². The van der Waals surface area contributed by atoms with Crippen LogP contribution in [0.4, 0.5) is 5.69 Å². The Balaban J connectivity index is 2.65. The second-order valence-corrected chi connectivity index (χ2v) is 7.08. The van der Waals surface area contributed by atoms with Gasteiger partial charge in [-0.3, -0.25) is 9.52 Å². The van der Waals surface area contributed by atoms with E-state index in [0.717, 1.165) is 5.56 Å². The molecule has 1 aromatic rings. The Kier molecular flexibility index (Phi) is 5.56. The highest BCUT2D eigenvalue weighted by Crippen LogP contribution is 2.12. The summed E-state index contributed by atoms with van der Waals surface area (Å²) in [5, 5.41) is 2.71. The Bertz CT molecular complexity index is 550. The van der Waals surface area contributed by atoms with Gasteiger partial charge in [-0.2, -0.15) is 0 Å². The van der Waals surface area contributed by atoms with Crippen molar-refractivity contribution in [2.75, 3.05) is 10.5 Å². The first-order valence-corrected chi connectivity index (χ1v) is 8.22. The molecule has 0 heterocycles. The predicted molar refractivity (Wildman–Crippen MR) is 81.0 cm³/mol. The molecule has 1 amide bonds. The van der Waals surface area contributed by atoms with Gasteiger partial charge in [0.25, 0.3) is 0 Å². The molecule has 0 aliphatic heterocycles. The van der Waals surface area contributed by atoms with Gasteiger partial charge >= 0.3 is 0 Å². The average Bonchev–Trinajstić information content (AvgIpc) is 2.30. The summed E-state index contributed by atoms with van der Waals surface area (Å²) in [4.78, 5) is 11.7. The molecule has 0 aliphatic rings. The molecule has 0 bridgehead atoms. The van der Waals surface area contributed by atoms with Crippen molar-refractivity contribution in [3.63, 3.8) is 0 Å². The van der Waals surface area contributed by atoms with E-state index in [9.17, 15) is 13.2 Å². The van der Waals surface area contributed by atoms with Crippen LogP contribution < -0.4 is 10.0 Å². The fourth-order valence-electron chi connectivity index (χ4n) is 1.67. The van der Waals surface area contributed by atoms with E-state index < -0.39 is 15.9 Å². The summed E-state index contributed by atoms with van der Waals surface area (Å²) in [7, 11) is -3.54. The molecule has 112 valence electrons. The van der Waals surface area contributed by atoms with E-state index in [4.69, 9.17) is 0 Å². The molecule has 1 unspecified atom stereocenters. The zero-order chi connectivity index (χ0) is 15.3. The Hall–Kier alpha value is -1.56. The first-order chi connectivity index (χ1) is 9.19. The predicted octanol–water partition coefficient (Wildman–Crippen LogP) is 1.90. The van der Waals surface area contributed by atoms with Crippen LogP contribution >= 0.6 is 0 Å². The molecule has 1 aromatic carbocycles. The molecular formula is C14H22N2O3S. The maximum absolute atomic E-state index is 12.0. The maximum atomic E-state index is 12.0. The van der Waals surface area contributed by atoms with E-state index >= 15 is 0 Å². The summed E-state index contributed by atoms with van der Waals surface area (Å²) >= 11 is 0. The zero-order valence-electron chi connectivity index (χ0n) is 12.3. The van der Waals surface area contributed by atoms with Gasteiger partial charge in [-0.15, -0.1) is 0 Å². The average molecular weight is 298 g/mol. The van der Waals surface area contributed by atoms with Gasteiger partial charge in [0.1, 0.15) is 0 Å². The van der Waals surface area contributed by atoms with Gasteiger partial charge in [0.05, 0.1) is 11.7 Å². The molecule has 0 fully saturated rings. The fourth-order valence-corrected chi connectivity index (χ4v) is 3.06. The summed E-state index contributed by atoms with van der Waals surface area (Å²) in [5.74, 6) is -1.09. The van der Waals surface area contributed by atoms with E-state index in [1.54, 1.807) is 19.1 Å². The number of amides is 1. The Labute approximate surface area is 120 Å². The minimum atomic E-state index is -3.54. The summed E-state index contributed by atoms with van der Waals surface area (Å²) in [6.45, 7) is 7.20. The molecule has 0 saturated heterocycles. The van der Waals surface area contributed by atoms with Crippen molar-refractivity contribution in [3.8, 4) is 0 Å². The number of nitrogens with one attached hydrogen (secondary N) is 2. The molecule has 1 rings (SSSR count). The van der Waals surface area contributed by atoms with Crippen LogP contribution in [0.2, 0.25) is 0 Å². The molecule has 2 N–H and O–H groups in total. The third-order valence-corrected chi connectivity index (χ3v) is 4.16. The van der Waals surface area contributed by atoms with Crippen LogP contribution in [-0.4, -0.2) is 26.1 Å². The highest BCUT2D eigenvalue weighted by Gasteiger charge is 2.21. The molecule has 6 heteroatoms. The van der Waals surface area contributed by atoms with E-state index in [1.807, 2.05) is 32.9 Å². The van der Waals surface area contributed by atoms with Crippen LogP contribution in [0.25, 0.3) is 0 Å². The van der Waals surface area contributed by atoms with Crippen molar-refractivity contribution >= 4 is 21.6 Å². The fraction of sp³-hybridized carbons (Fsp3) is 0.500. The lowest BCUT2D eigenvalue weighted by molar-refractivity contribution is -0.124. The number of carbonyl (C=O) groups excluding carboxylic acids is 1. The summed E-state index contributed by atoms with van der Waals surface area (Å²) in [5.41, 5.74) is 1.56. The minimum Gasteiger partial charge on any atom is -0.354 e. The van der Waals surface area contributed by atoms with Gasteiger partial charge in [0.2, 0.25) is 15.9 Å². The number of anilines is 1. The van der Waals surface area contributed by atoms with Crippen molar-refractivity contribution in [2.45, 2.75) is 33.7 Å². The van der Waals surface area contributed by atoms with Crippen molar-refractivity contribution in [1.29, 1.82) is 0 Å². The number of hydrogen-bond acceptors (Lipinski definition) is 3. The van der Waals surface area contributed by atoms with Crippen molar-refractivity contribution in [2.24, 2.45) is 5.92 Å². The number of carbonyl (C=O) groups is 1. The van der Waals surface area contributed by atoms with Gasteiger partial charge in [-0.25, -0.2) is 8.42 Å². The molecule has 0 aromatic heterocycles. The molecule has 0 saturated carbocycles. The smallest absolute Gasteiger partial charge is 0.233 e. The number of rotatable bonds is 6. The second-order valence-electron chi connectivity index (χ2n) is 5.31. The van der Waals surface area contributed by atoms with Crippen LogP contribution in [-0.2, 0) is 14.8 Å². The van der Waals surface area contributed by atoms with Crippen molar-refractivity contribution < 1.29 is 13.2 Å². The first-order valence-electron chi connectivity index (χ1n) is 6.57. The molecule has 20 heavy (non-hydrogen) atoms. The quantitative estimate of drug-likeness (QED) is 0.842. The van der Waals surface area contributed by atoms with Gasteiger partial charge in [0, 0.05) is 11.7 Å². The lowest BCUT2D eigenvalue weighted by Crippen LogP contribution is -2.38. The van der Waals surface area contributed by atoms with Gasteiger partial charge in [-0.1, -0.05) is 24.6 Å². The van der Waals surface area contributed by atoms with Gasteiger partial charge in [-0.05, 0) is 32.9 Å². The highest BCUT2D eigenvalue weighted by molar-refractivity contribution is 7.92. The minimum absolute atomic E-state index is 0.00212. The summed E-state index contributed by atoms with van der Waals surface area (Å²) in [6, 6.07) is 7.05. The number of benzene rings is 1. The van der Waals surface area contributed by atoms with Gasteiger partial charge in [0.15, 0.2) is 0 Å². The van der Waals surface area contributed by atoms with Crippen molar-refractivity contribution in [3.05, 3.63) is 29.8 Å².